The van der Waals surface area contributed by atoms with Gasteiger partial charge in [-0.3, -0.25) is 9.78 Å². The van der Waals surface area contributed by atoms with E-state index in [0.29, 0.717) is 13.1 Å². The molecule has 170 valence electrons. The summed E-state index contributed by atoms with van der Waals surface area (Å²) in [6.07, 6.45) is 8.18. The first-order valence-electron chi connectivity index (χ1n) is 11.4. The van der Waals surface area contributed by atoms with Crippen molar-refractivity contribution in [3.63, 3.8) is 0 Å². The fraction of sp³-hybridized carbons (Fsp3) is 0.560. The maximum absolute atomic E-state index is 12.9. The lowest BCUT2D eigenvalue weighted by molar-refractivity contribution is -0.131. The quantitative estimate of drug-likeness (QED) is 0.484. The van der Waals surface area contributed by atoms with Crippen molar-refractivity contribution in [3.8, 4) is 0 Å². The summed E-state index contributed by atoms with van der Waals surface area (Å²) in [6, 6.07) is 10.0. The van der Waals surface area contributed by atoms with Crippen molar-refractivity contribution < 1.29 is 14.3 Å². The van der Waals surface area contributed by atoms with Gasteiger partial charge in [0.25, 0.3) is 0 Å². The number of rotatable bonds is 11. The first-order chi connectivity index (χ1) is 14.8. The Labute approximate surface area is 186 Å². The summed E-state index contributed by atoms with van der Waals surface area (Å²) >= 11 is 0. The van der Waals surface area contributed by atoms with Gasteiger partial charge in [-0.25, -0.2) is 4.79 Å². The molecule has 2 amide bonds. The van der Waals surface area contributed by atoms with Crippen LogP contribution in [0.3, 0.4) is 0 Å². The number of amides is 2. The van der Waals surface area contributed by atoms with Gasteiger partial charge < -0.3 is 15.0 Å². The number of carbonyl (C=O) groups is 2. The molecule has 1 heterocycles. The Hall–Kier alpha value is -2.63. The number of nitrogens with zero attached hydrogens (tertiary/aromatic N) is 2. The zero-order valence-corrected chi connectivity index (χ0v) is 19.4. The third kappa shape index (κ3) is 9.37. The molecule has 1 N–H and O–H groups in total. The minimum absolute atomic E-state index is 0.0776. The summed E-state index contributed by atoms with van der Waals surface area (Å²) in [5.74, 6) is -0.118. The minimum Gasteiger partial charge on any atom is -0.444 e. The van der Waals surface area contributed by atoms with E-state index in [9.17, 15) is 9.59 Å². The number of nitrogens with one attached hydrogen (secondary N) is 1. The number of alkyl carbamates (subject to hydrolysis) is 1. The van der Waals surface area contributed by atoms with E-state index in [2.05, 4.69) is 23.3 Å². The van der Waals surface area contributed by atoms with E-state index in [1.54, 1.807) is 20.8 Å². The molecule has 0 bridgehead atoms. The second-order valence-electron chi connectivity index (χ2n) is 8.97. The molecule has 2 aromatic rings. The number of aromatic nitrogens is 1. The van der Waals surface area contributed by atoms with Gasteiger partial charge in [0.1, 0.15) is 12.1 Å². The number of benzene rings is 1. The lowest BCUT2D eigenvalue weighted by Crippen LogP contribution is -2.42. The zero-order valence-electron chi connectivity index (χ0n) is 19.4. The van der Waals surface area contributed by atoms with Gasteiger partial charge in [-0.05, 0) is 44.9 Å². The molecular weight excluding hydrogens is 390 g/mol. The van der Waals surface area contributed by atoms with Crippen molar-refractivity contribution in [1.29, 1.82) is 0 Å². The van der Waals surface area contributed by atoms with Crippen LogP contribution in [0, 0.1) is 0 Å². The van der Waals surface area contributed by atoms with E-state index in [1.165, 1.54) is 25.7 Å². The number of fused-ring (bicyclic) bond motifs is 1. The Morgan fingerprint density at radius 1 is 1.06 bits per heavy atom. The highest BCUT2D eigenvalue weighted by Gasteiger charge is 2.19. The molecular formula is C25H37N3O3. The Morgan fingerprint density at radius 3 is 2.52 bits per heavy atom. The number of ether oxygens (including phenoxy) is 1. The van der Waals surface area contributed by atoms with Crippen LogP contribution in [0.25, 0.3) is 10.9 Å². The van der Waals surface area contributed by atoms with E-state index >= 15 is 0 Å². The summed E-state index contributed by atoms with van der Waals surface area (Å²) < 4.78 is 5.24. The topological polar surface area (TPSA) is 71.5 Å². The number of carbonyl (C=O) groups excluding carboxylic acids is 2. The van der Waals surface area contributed by atoms with Gasteiger partial charge in [-0.1, -0.05) is 57.2 Å². The fourth-order valence-corrected chi connectivity index (χ4v) is 3.37. The maximum atomic E-state index is 12.9. The van der Waals surface area contributed by atoms with E-state index in [0.717, 1.165) is 29.3 Å². The number of hydrogen-bond acceptors (Lipinski definition) is 4. The van der Waals surface area contributed by atoms with Crippen LogP contribution in [-0.4, -0.2) is 40.6 Å². The molecule has 0 spiro atoms. The maximum Gasteiger partial charge on any atom is 0.408 e. The molecule has 0 saturated carbocycles. The predicted octanol–water partition coefficient (Wildman–Crippen LogP) is 5.45. The van der Waals surface area contributed by atoms with Crippen LogP contribution in [0.5, 0.6) is 0 Å². The minimum atomic E-state index is -0.595. The molecule has 0 fully saturated rings. The van der Waals surface area contributed by atoms with Crippen molar-refractivity contribution in [2.45, 2.75) is 78.4 Å². The van der Waals surface area contributed by atoms with Gasteiger partial charge >= 0.3 is 6.09 Å². The SMILES string of the molecule is CCCCCCCCN(Cc1cnc2ccccc2c1)C(=O)CNC(=O)OC(C)(C)C. The molecule has 0 saturated heterocycles. The predicted molar refractivity (Wildman–Crippen MR) is 125 cm³/mol. The highest BCUT2D eigenvalue weighted by atomic mass is 16.6. The third-order valence-electron chi connectivity index (χ3n) is 4.94. The summed E-state index contributed by atoms with van der Waals surface area (Å²) in [7, 11) is 0. The normalized spacial score (nSPS) is 11.4. The summed E-state index contributed by atoms with van der Waals surface area (Å²) in [5.41, 5.74) is 1.32. The molecule has 31 heavy (non-hydrogen) atoms. The second-order valence-corrected chi connectivity index (χ2v) is 8.97. The van der Waals surface area contributed by atoms with Gasteiger partial charge in [0.2, 0.25) is 5.91 Å². The van der Waals surface area contributed by atoms with Gasteiger partial charge in [0, 0.05) is 24.7 Å². The van der Waals surface area contributed by atoms with Gasteiger partial charge in [-0.2, -0.15) is 0 Å². The number of para-hydroxylation sites is 1. The van der Waals surface area contributed by atoms with Crippen LogP contribution >= 0.6 is 0 Å². The van der Waals surface area contributed by atoms with E-state index in [4.69, 9.17) is 4.74 Å². The zero-order chi connectivity index (χ0) is 22.7. The monoisotopic (exact) mass is 427 g/mol. The van der Waals surface area contributed by atoms with Crippen LogP contribution in [0.4, 0.5) is 4.79 Å². The smallest absolute Gasteiger partial charge is 0.408 e. The molecule has 6 heteroatoms. The summed E-state index contributed by atoms with van der Waals surface area (Å²) in [4.78, 5) is 31.1. The number of pyridine rings is 1. The molecule has 0 unspecified atom stereocenters. The molecule has 0 aliphatic heterocycles. The van der Waals surface area contributed by atoms with Gasteiger partial charge in [-0.15, -0.1) is 0 Å². The van der Waals surface area contributed by atoms with Gasteiger partial charge in [0.15, 0.2) is 0 Å². The molecule has 2 rings (SSSR count). The molecule has 1 aromatic heterocycles. The van der Waals surface area contributed by atoms with Crippen molar-refractivity contribution in [2.75, 3.05) is 13.1 Å². The molecule has 0 aliphatic rings. The number of hydrogen-bond donors (Lipinski definition) is 1. The van der Waals surface area contributed by atoms with Crippen LogP contribution in [0.2, 0.25) is 0 Å². The average molecular weight is 428 g/mol. The van der Waals surface area contributed by atoms with Crippen LogP contribution < -0.4 is 5.32 Å². The van der Waals surface area contributed by atoms with Crippen molar-refractivity contribution >= 4 is 22.9 Å². The van der Waals surface area contributed by atoms with Crippen LogP contribution in [-0.2, 0) is 16.1 Å². The second kappa shape index (κ2) is 12.3. The lowest BCUT2D eigenvalue weighted by atomic mass is 10.1. The third-order valence-corrected chi connectivity index (χ3v) is 4.94. The van der Waals surface area contributed by atoms with Crippen molar-refractivity contribution in [3.05, 3.63) is 42.1 Å². The Balaban J connectivity index is 1.98. The van der Waals surface area contributed by atoms with E-state index in [-0.39, 0.29) is 12.5 Å². The van der Waals surface area contributed by atoms with Gasteiger partial charge in [0.05, 0.1) is 5.52 Å². The van der Waals surface area contributed by atoms with Crippen LogP contribution in [0.15, 0.2) is 36.5 Å². The van der Waals surface area contributed by atoms with Crippen molar-refractivity contribution in [2.24, 2.45) is 0 Å². The van der Waals surface area contributed by atoms with Crippen molar-refractivity contribution in [1.82, 2.24) is 15.2 Å². The molecule has 0 radical (unpaired) electrons. The molecule has 6 nitrogen and oxygen atoms in total. The molecule has 0 aliphatic carbocycles. The largest absolute Gasteiger partial charge is 0.444 e. The molecule has 0 atom stereocenters. The molecule has 1 aromatic carbocycles. The Kier molecular flexibility index (Phi) is 9.76. The highest BCUT2D eigenvalue weighted by Crippen LogP contribution is 2.15. The lowest BCUT2D eigenvalue weighted by Gasteiger charge is -2.24. The average Bonchev–Trinajstić information content (AvgIpc) is 2.72. The first-order valence-corrected chi connectivity index (χ1v) is 11.4. The van der Waals surface area contributed by atoms with E-state index in [1.807, 2.05) is 35.4 Å². The standard InChI is InChI=1S/C25H37N3O3/c1-5-6-7-8-9-12-15-28(23(29)18-27-24(30)31-25(2,3)4)19-20-16-21-13-10-11-14-22(21)26-17-20/h10-11,13-14,16-17H,5-9,12,15,18-19H2,1-4H3,(H,27,30). The Morgan fingerprint density at radius 2 is 1.77 bits per heavy atom. The summed E-state index contributed by atoms with van der Waals surface area (Å²) in [6.45, 7) is 8.65. The van der Waals surface area contributed by atoms with E-state index < -0.39 is 11.7 Å². The fourth-order valence-electron chi connectivity index (χ4n) is 3.37. The highest BCUT2D eigenvalue weighted by molar-refractivity contribution is 5.82. The summed E-state index contributed by atoms with van der Waals surface area (Å²) in [5, 5.41) is 3.64. The Bertz CT molecular complexity index is 845. The van der Waals surface area contributed by atoms with Crippen LogP contribution in [0.1, 0.15) is 71.8 Å². The first kappa shape index (κ1) is 24.6. The number of unbranched alkanes of at least 4 members (excludes halogenated alkanes) is 5.